The Kier molecular flexibility index (Phi) is 4.52. The predicted octanol–water partition coefficient (Wildman–Crippen LogP) is 1.27. The minimum Gasteiger partial charge on any atom is -0.334 e. The van der Waals surface area contributed by atoms with E-state index in [1.54, 1.807) is 12.4 Å². The molecule has 0 amide bonds. The van der Waals surface area contributed by atoms with E-state index in [9.17, 15) is 0 Å². The van der Waals surface area contributed by atoms with Gasteiger partial charge in [-0.15, -0.1) is 0 Å². The fourth-order valence-electron chi connectivity index (χ4n) is 2.64. The van der Waals surface area contributed by atoms with Crippen molar-refractivity contribution in [3.05, 3.63) is 24.5 Å². The van der Waals surface area contributed by atoms with E-state index < -0.39 is 0 Å². The van der Waals surface area contributed by atoms with E-state index in [0.717, 1.165) is 50.4 Å². The Morgan fingerprint density at radius 1 is 1.29 bits per heavy atom. The summed E-state index contributed by atoms with van der Waals surface area (Å²) in [6, 6.07) is 0.222. The topological polar surface area (TPSA) is 80.0 Å². The highest BCUT2D eigenvalue weighted by Crippen LogP contribution is 2.25. The molecular formula is C14H20N6O. The Bertz CT molecular complexity index is 552. The molecule has 1 N–H and O–H groups in total. The highest BCUT2D eigenvalue weighted by Gasteiger charge is 2.26. The maximum atomic E-state index is 5.39. The molecule has 0 aliphatic carbocycles. The summed E-state index contributed by atoms with van der Waals surface area (Å²) in [5, 5.41) is 7.55. The van der Waals surface area contributed by atoms with Gasteiger partial charge in [0.2, 0.25) is 0 Å². The van der Waals surface area contributed by atoms with Crippen LogP contribution >= 0.6 is 0 Å². The largest absolute Gasteiger partial charge is 0.334 e. The summed E-state index contributed by atoms with van der Waals surface area (Å²) in [5.74, 6) is 1.25. The lowest BCUT2D eigenvalue weighted by Gasteiger charge is -2.33. The number of piperazine rings is 1. The fraction of sp³-hybridized carbons (Fsp3) is 0.571. The van der Waals surface area contributed by atoms with Gasteiger partial charge in [-0.2, -0.15) is 4.98 Å². The molecule has 7 nitrogen and oxygen atoms in total. The van der Waals surface area contributed by atoms with Crippen LogP contribution in [-0.2, 0) is 0 Å². The molecule has 1 unspecified atom stereocenters. The number of rotatable bonds is 5. The maximum Gasteiger partial charge on any atom is 0.261 e. The molecular weight excluding hydrogens is 268 g/mol. The molecule has 3 rings (SSSR count). The highest BCUT2D eigenvalue weighted by molar-refractivity contribution is 5.48. The van der Waals surface area contributed by atoms with Gasteiger partial charge in [0.15, 0.2) is 5.82 Å². The van der Waals surface area contributed by atoms with Gasteiger partial charge in [-0.1, -0.05) is 18.5 Å². The second-order valence-corrected chi connectivity index (χ2v) is 5.18. The van der Waals surface area contributed by atoms with Gasteiger partial charge < -0.3 is 9.84 Å². The quantitative estimate of drug-likeness (QED) is 0.887. The molecule has 21 heavy (non-hydrogen) atoms. The van der Waals surface area contributed by atoms with E-state index in [4.69, 9.17) is 4.52 Å². The number of nitrogens with zero attached hydrogens (tertiary/aromatic N) is 5. The summed E-state index contributed by atoms with van der Waals surface area (Å²) < 4.78 is 5.39. The van der Waals surface area contributed by atoms with Crippen LogP contribution in [0.5, 0.6) is 0 Å². The molecule has 112 valence electrons. The average Bonchev–Trinajstić information content (AvgIpc) is 3.04. The summed E-state index contributed by atoms with van der Waals surface area (Å²) in [4.78, 5) is 14.9. The van der Waals surface area contributed by atoms with Crippen LogP contribution in [-0.4, -0.2) is 51.2 Å². The third-order valence-electron chi connectivity index (χ3n) is 3.70. The molecule has 1 fully saturated rings. The summed E-state index contributed by atoms with van der Waals surface area (Å²) in [7, 11) is 0. The Labute approximate surface area is 123 Å². The Balaban J connectivity index is 1.81. The molecule has 1 saturated heterocycles. The Morgan fingerprint density at radius 3 is 2.76 bits per heavy atom. The zero-order valence-corrected chi connectivity index (χ0v) is 12.2. The fourth-order valence-corrected chi connectivity index (χ4v) is 2.64. The lowest BCUT2D eigenvalue weighted by Crippen LogP contribution is -2.45. The van der Waals surface area contributed by atoms with Crippen LogP contribution in [0.25, 0.3) is 11.5 Å². The van der Waals surface area contributed by atoms with Crippen molar-refractivity contribution in [3.63, 3.8) is 0 Å². The second kappa shape index (κ2) is 6.73. The smallest absolute Gasteiger partial charge is 0.261 e. The minimum atomic E-state index is 0.222. The number of hydrogen-bond acceptors (Lipinski definition) is 7. The van der Waals surface area contributed by atoms with Crippen LogP contribution in [0.15, 0.2) is 23.2 Å². The van der Waals surface area contributed by atoms with Crippen molar-refractivity contribution < 1.29 is 4.52 Å². The molecule has 7 heteroatoms. The van der Waals surface area contributed by atoms with Crippen LogP contribution in [0.1, 0.15) is 31.6 Å². The Morgan fingerprint density at radius 2 is 2.05 bits per heavy atom. The number of hydrogen-bond donors (Lipinski definition) is 1. The van der Waals surface area contributed by atoms with Gasteiger partial charge in [-0.05, 0) is 6.42 Å². The zero-order valence-electron chi connectivity index (χ0n) is 12.2. The van der Waals surface area contributed by atoms with Gasteiger partial charge in [-0.3, -0.25) is 4.90 Å². The zero-order chi connectivity index (χ0) is 14.5. The van der Waals surface area contributed by atoms with E-state index in [-0.39, 0.29) is 6.04 Å². The van der Waals surface area contributed by atoms with Crippen molar-refractivity contribution in [2.75, 3.05) is 26.2 Å². The van der Waals surface area contributed by atoms with Crippen LogP contribution in [0.4, 0.5) is 0 Å². The average molecular weight is 288 g/mol. The number of nitrogens with one attached hydrogen (secondary N) is 1. The van der Waals surface area contributed by atoms with Gasteiger partial charge in [-0.25, -0.2) is 9.97 Å². The second-order valence-electron chi connectivity index (χ2n) is 5.18. The van der Waals surface area contributed by atoms with Crippen LogP contribution in [0.3, 0.4) is 0 Å². The molecule has 0 aromatic carbocycles. The lowest BCUT2D eigenvalue weighted by atomic mass is 10.1. The van der Waals surface area contributed by atoms with Crippen LogP contribution in [0, 0.1) is 0 Å². The summed E-state index contributed by atoms with van der Waals surface area (Å²) in [6.07, 6.45) is 6.98. The van der Waals surface area contributed by atoms with E-state index in [2.05, 4.69) is 37.2 Å². The standard InChI is InChI=1S/C14H20N6O/c1-2-3-12(20-6-4-15-5-7-20)13-18-14(21-19-13)11-8-16-10-17-9-11/h8-10,12,15H,2-7H2,1H3. The SMILES string of the molecule is CCCC(c1noc(-c2cncnc2)n1)N1CCNCC1. The van der Waals surface area contributed by atoms with Gasteiger partial charge in [0.1, 0.15) is 6.33 Å². The van der Waals surface area contributed by atoms with Gasteiger partial charge in [0.05, 0.1) is 11.6 Å². The van der Waals surface area contributed by atoms with Gasteiger partial charge >= 0.3 is 0 Å². The van der Waals surface area contributed by atoms with Crippen molar-refractivity contribution >= 4 is 0 Å². The molecule has 0 saturated carbocycles. The lowest BCUT2D eigenvalue weighted by molar-refractivity contribution is 0.155. The molecule has 0 radical (unpaired) electrons. The molecule has 1 aliphatic rings. The summed E-state index contributed by atoms with van der Waals surface area (Å²) >= 11 is 0. The first-order chi connectivity index (χ1) is 10.4. The summed E-state index contributed by atoms with van der Waals surface area (Å²) in [5.41, 5.74) is 0.756. The third kappa shape index (κ3) is 3.25. The molecule has 3 heterocycles. The first-order valence-electron chi connectivity index (χ1n) is 7.42. The first-order valence-corrected chi connectivity index (χ1v) is 7.42. The third-order valence-corrected chi connectivity index (χ3v) is 3.70. The molecule has 1 atom stereocenters. The molecule has 2 aromatic rings. The minimum absolute atomic E-state index is 0.222. The maximum absolute atomic E-state index is 5.39. The molecule has 0 bridgehead atoms. The van der Waals surface area contributed by atoms with E-state index in [1.807, 2.05) is 0 Å². The summed E-state index contributed by atoms with van der Waals surface area (Å²) in [6.45, 7) is 6.24. The highest BCUT2D eigenvalue weighted by atomic mass is 16.5. The van der Waals surface area contributed by atoms with Gasteiger partial charge in [0, 0.05) is 38.6 Å². The van der Waals surface area contributed by atoms with Crippen molar-refractivity contribution in [2.45, 2.75) is 25.8 Å². The van der Waals surface area contributed by atoms with Crippen molar-refractivity contribution in [3.8, 4) is 11.5 Å². The number of aromatic nitrogens is 4. The van der Waals surface area contributed by atoms with Crippen molar-refractivity contribution in [1.82, 2.24) is 30.3 Å². The van der Waals surface area contributed by atoms with E-state index in [1.165, 1.54) is 6.33 Å². The van der Waals surface area contributed by atoms with Crippen molar-refractivity contribution in [1.29, 1.82) is 0 Å². The monoisotopic (exact) mass is 288 g/mol. The Hall–Kier alpha value is -1.86. The molecule has 0 spiro atoms. The normalized spacial score (nSPS) is 17.8. The van der Waals surface area contributed by atoms with Crippen LogP contribution in [0.2, 0.25) is 0 Å². The molecule has 2 aromatic heterocycles. The van der Waals surface area contributed by atoms with E-state index in [0.29, 0.717) is 5.89 Å². The van der Waals surface area contributed by atoms with Crippen molar-refractivity contribution in [2.24, 2.45) is 0 Å². The predicted molar refractivity (Wildman–Crippen MR) is 77.4 cm³/mol. The molecule has 1 aliphatic heterocycles. The van der Waals surface area contributed by atoms with Gasteiger partial charge in [0.25, 0.3) is 5.89 Å². The van der Waals surface area contributed by atoms with E-state index >= 15 is 0 Å². The first kappa shape index (κ1) is 14.1. The van der Waals surface area contributed by atoms with Crippen LogP contribution < -0.4 is 5.32 Å².